The third kappa shape index (κ3) is 7.73. The summed E-state index contributed by atoms with van der Waals surface area (Å²) in [4.78, 5) is 45.8. The van der Waals surface area contributed by atoms with Crippen molar-refractivity contribution in [2.24, 2.45) is 17.3 Å². The lowest BCUT2D eigenvalue weighted by molar-refractivity contribution is 0.0274. The van der Waals surface area contributed by atoms with Crippen molar-refractivity contribution in [2.45, 2.75) is 52.2 Å². The van der Waals surface area contributed by atoms with Crippen LogP contribution in [0.2, 0.25) is 5.28 Å². The highest BCUT2D eigenvalue weighted by Gasteiger charge is 2.43. The number of carboxylic acid groups (broad SMARTS) is 1. The van der Waals surface area contributed by atoms with E-state index < -0.39 is 11.7 Å². The molecule has 0 bridgehead atoms. The van der Waals surface area contributed by atoms with Crippen molar-refractivity contribution in [3.63, 3.8) is 0 Å². The van der Waals surface area contributed by atoms with Gasteiger partial charge in [-0.2, -0.15) is 4.98 Å². The number of nitrogens with one attached hydrogen (secondary N) is 1. The van der Waals surface area contributed by atoms with Gasteiger partial charge in [0.1, 0.15) is 16.1 Å². The molecular formula is C30H45ClN8O5S. The molecule has 5 fully saturated rings. The fraction of sp³-hybridized carbons (Fsp3) is 0.767. The molecule has 248 valence electrons. The number of thiazole rings is 1. The minimum Gasteiger partial charge on any atom is -0.465 e. The lowest BCUT2D eigenvalue weighted by Gasteiger charge is -2.33. The van der Waals surface area contributed by atoms with E-state index >= 15 is 0 Å². The number of likely N-dealkylation sites (tertiary alicyclic amines) is 3. The summed E-state index contributed by atoms with van der Waals surface area (Å²) in [5, 5.41) is 13.4. The van der Waals surface area contributed by atoms with Crippen LogP contribution in [0, 0.1) is 17.3 Å². The van der Waals surface area contributed by atoms with Crippen LogP contribution in [0.1, 0.15) is 45.0 Å². The van der Waals surface area contributed by atoms with Gasteiger partial charge in [0.15, 0.2) is 10.6 Å². The Labute approximate surface area is 273 Å². The first-order chi connectivity index (χ1) is 21.5. The average molecular weight is 665 g/mol. The summed E-state index contributed by atoms with van der Waals surface area (Å²) < 4.78 is 11.0. The fourth-order valence-corrected chi connectivity index (χ4v) is 8.43. The van der Waals surface area contributed by atoms with E-state index in [0.29, 0.717) is 30.5 Å². The van der Waals surface area contributed by atoms with Gasteiger partial charge in [-0.05, 0) is 82.0 Å². The normalized spacial score (nSPS) is 25.0. The second-order valence-electron chi connectivity index (χ2n) is 14.0. The summed E-state index contributed by atoms with van der Waals surface area (Å²) >= 11 is 7.80. The Morgan fingerprint density at radius 3 is 2.33 bits per heavy atom. The summed E-state index contributed by atoms with van der Waals surface area (Å²) in [6, 6.07) is 0. The summed E-state index contributed by atoms with van der Waals surface area (Å²) in [6.07, 6.45) is 2.38. The Balaban J connectivity index is 0.000000229. The lowest BCUT2D eigenvalue weighted by Crippen LogP contribution is -2.39. The number of ether oxygens (including phenoxy) is 2. The number of carbonyl (C=O) groups is 2. The first kappa shape index (κ1) is 32.4. The molecule has 2 amide bonds. The van der Waals surface area contributed by atoms with E-state index in [0.717, 1.165) is 112 Å². The predicted molar refractivity (Wildman–Crippen MR) is 172 cm³/mol. The predicted octanol–water partition coefficient (Wildman–Crippen LogP) is 3.61. The quantitative estimate of drug-likeness (QED) is 0.466. The number of anilines is 1. The van der Waals surface area contributed by atoms with Gasteiger partial charge in [-0.3, -0.25) is 4.90 Å². The van der Waals surface area contributed by atoms with Crippen LogP contribution in [0.3, 0.4) is 0 Å². The third-order valence-electron chi connectivity index (χ3n) is 9.51. The molecule has 0 aromatic carbocycles. The molecule has 0 aliphatic carbocycles. The molecule has 2 aromatic heterocycles. The Morgan fingerprint density at radius 1 is 1.02 bits per heavy atom. The van der Waals surface area contributed by atoms with Crippen molar-refractivity contribution in [1.82, 2.24) is 35.0 Å². The molecule has 45 heavy (non-hydrogen) atoms. The molecular weight excluding hydrogens is 620 g/mol. The number of rotatable bonds is 3. The third-order valence-corrected chi connectivity index (χ3v) is 10.6. The summed E-state index contributed by atoms with van der Waals surface area (Å²) in [7, 11) is 0. The zero-order valence-corrected chi connectivity index (χ0v) is 28.0. The molecule has 1 spiro atoms. The van der Waals surface area contributed by atoms with Gasteiger partial charge >= 0.3 is 12.2 Å². The molecule has 2 unspecified atom stereocenters. The largest absolute Gasteiger partial charge is 0.465 e. The Hall–Kier alpha value is -2.52. The number of amides is 2. The van der Waals surface area contributed by atoms with E-state index in [1.807, 2.05) is 25.7 Å². The van der Waals surface area contributed by atoms with Crippen molar-refractivity contribution in [2.75, 3.05) is 83.6 Å². The maximum Gasteiger partial charge on any atom is 0.410 e. The van der Waals surface area contributed by atoms with Gasteiger partial charge in [0, 0.05) is 52.4 Å². The molecule has 5 aliphatic heterocycles. The van der Waals surface area contributed by atoms with E-state index in [2.05, 4.69) is 25.1 Å². The van der Waals surface area contributed by atoms with Crippen molar-refractivity contribution in [3.8, 4) is 0 Å². The number of aromatic nitrogens is 3. The molecule has 13 nitrogen and oxygen atoms in total. The second kappa shape index (κ2) is 13.3. The van der Waals surface area contributed by atoms with Crippen LogP contribution in [0.25, 0.3) is 10.3 Å². The highest BCUT2D eigenvalue weighted by Crippen LogP contribution is 2.38. The van der Waals surface area contributed by atoms with Gasteiger partial charge < -0.3 is 34.6 Å². The zero-order chi connectivity index (χ0) is 31.8. The molecule has 2 N–H and O–H groups in total. The fourth-order valence-electron chi connectivity index (χ4n) is 7.24. The highest BCUT2D eigenvalue weighted by molar-refractivity contribution is 7.18. The Kier molecular flexibility index (Phi) is 9.58. The smallest absolute Gasteiger partial charge is 0.410 e. The second-order valence-corrected chi connectivity index (χ2v) is 15.4. The Morgan fingerprint density at radius 2 is 1.71 bits per heavy atom. The zero-order valence-electron chi connectivity index (χ0n) is 26.5. The van der Waals surface area contributed by atoms with E-state index in [-0.39, 0.29) is 11.4 Å². The van der Waals surface area contributed by atoms with Gasteiger partial charge in [0.25, 0.3) is 0 Å². The van der Waals surface area contributed by atoms with Crippen LogP contribution in [-0.4, -0.2) is 131 Å². The van der Waals surface area contributed by atoms with Gasteiger partial charge in [0.2, 0.25) is 5.28 Å². The van der Waals surface area contributed by atoms with Crippen LogP contribution in [0.4, 0.5) is 15.4 Å². The average Bonchev–Trinajstić information content (AvgIpc) is 3.76. The van der Waals surface area contributed by atoms with Crippen molar-refractivity contribution in [1.29, 1.82) is 0 Å². The molecule has 15 heteroatoms. The molecule has 5 aliphatic rings. The highest BCUT2D eigenvalue weighted by atomic mass is 35.5. The molecule has 7 rings (SSSR count). The number of halogens is 1. The van der Waals surface area contributed by atoms with E-state index in [1.54, 1.807) is 16.2 Å². The minimum absolute atomic E-state index is 0.198. The number of morpholine rings is 1. The van der Waals surface area contributed by atoms with Crippen LogP contribution in [0.5, 0.6) is 0 Å². The van der Waals surface area contributed by atoms with E-state index in [1.165, 1.54) is 0 Å². The van der Waals surface area contributed by atoms with Crippen molar-refractivity contribution in [3.05, 3.63) is 10.3 Å². The minimum atomic E-state index is -0.754. The number of hydrogen-bond acceptors (Lipinski definition) is 11. The first-order valence-corrected chi connectivity index (χ1v) is 17.2. The van der Waals surface area contributed by atoms with Crippen molar-refractivity contribution >= 4 is 51.3 Å². The topological polar surface area (TPSA) is 136 Å². The Bertz CT molecular complexity index is 1360. The standard InChI is InChI=1S/C21H29ClN6O3S.C9H16N2O2/c1-21(2,3)31-20(29)28-10-13-8-26(9-14(13)11-28)12-15-23-16-17(27-4-6-30-7-5-27)24-19(22)25-18(16)32-15;12-8(13)11-6-3-9(7-11)1-4-10-5-2-9/h13-14H,4-12H2,1-3H3;10H,1-7H2,(H,12,13). The van der Waals surface area contributed by atoms with Crippen LogP contribution in [0.15, 0.2) is 0 Å². The molecule has 0 radical (unpaired) electrons. The molecule has 2 aromatic rings. The number of fused-ring (bicyclic) bond motifs is 2. The summed E-state index contributed by atoms with van der Waals surface area (Å²) in [5.74, 6) is 1.77. The number of carbonyl (C=O) groups excluding carboxylic acids is 1. The van der Waals surface area contributed by atoms with Crippen LogP contribution >= 0.6 is 22.9 Å². The molecule has 2 atom stereocenters. The van der Waals surface area contributed by atoms with Crippen LogP contribution < -0.4 is 10.2 Å². The maximum absolute atomic E-state index is 12.4. The van der Waals surface area contributed by atoms with Gasteiger partial charge in [-0.1, -0.05) is 11.3 Å². The SMILES string of the molecule is CC(C)(C)OC(=O)N1CC2CN(Cc3nc4c(N5CCOCC5)nc(Cl)nc4s3)CC2C1.O=C(O)N1CCC2(CCNCC2)C1. The van der Waals surface area contributed by atoms with E-state index in [4.69, 9.17) is 31.2 Å². The first-order valence-electron chi connectivity index (χ1n) is 16.0. The summed E-state index contributed by atoms with van der Waals surface area (Å²) in [6.45, 7) is 16.4. The van der Waals surface area contributed by atoms with Crippen molar-refractivity contribution < 1.29 is 24.2 Å². The maximum atomic E-state index is 12.4. The monoisotopic (exact) mass is 664 g/mol. The lowest BCUT2D eigenvalue weighted by atomic mass is 9.78. The van der Waals surface area contributed by atoms with Gasteiger partial charge in [0.05, 0.1) is 19.8 Å². The number of hydrogen-bond donors (Lipinski definition) is 2. The molecule has 5 saturated heterocycles. The van der Waals surface area contributed by atoms with Crippen LogP contribution in [-0.2, 0) is 16.0 Å². The van der Waals surface area contributed by atoms with E-state index in [9.17, 15) is 9.59 Å². The molecule has 7 heterocycles. The number of nitrogens with zero attached hydrogens (tertiary/aromatic N) is 7. The van der Waals surface area contributed by atoms with Gasteiger partial charge in [-0.15, -0.1) is 0 Å². The number of piperidine rings is 1. The summed E-state index contributed by atoms with van der Waals surface area (Å²) in [5.41, 5.74) is 0.676. The molecule has 0 saturated carbocycles. The van der Waals surface area contributed by atoms with Gasteiger partial charge in [-0.25, -0.2) is 19.6 Å².